The second-order valence-electron chi connectivity index (χ2n) is 5.66. The van der Waals surface area contributed by atoms with Gasteiger partial charge in [-0.15, -0.1) is 0 Å². The smallest absolute Gasteiger partial charge is 0.342 e. The Hall–Kier alpha value is -2.11. The van der Waals surface area contributed by atoms with Gasteiger partial charge in [-0.25, -0.2) is 9.59 Å². The first-order chi connectivity index (χ1) is 10.5. The lowest BCUT2D eigenvalue weighted by molar-refractivity contribution is -0.125. The first-order valence-corrected chi connectivity index (χ1v) is 7.55. The van der Waals surface area contributed by atoms with Gasteiger partial charge in [0, 0.05) is 12.1 Å². The summed E-state index contributed by atoms with van der Waals surface area (Å²) >= 11 is 0. The molecule has 1 saturated carbocycles. The van der Waals surface area contributed by atoms with E-state index in [1.54, 1.807) is 6.92 Å². The third-order valence-electron chi connectivity index (χ3n) is 3.84. The third kappa shape index (κ3) is 4.19. The summed E-state index contributed by atoms with van der Waals surface area (Å²) < 4.78 is 9.90. The Labute approximate surface area is 128 Å². The van der Waals surface area contributed by atoms with Gasteiger partial charge >= 0.3 is 11.6 Å². The van der Waals surface area contributed by atoms with Crippen LogP contribution in [0, 0.1) is 13.8 Å². The summed E-state index contributed by atoms with van der Waals surface area (Å²) in [5.74, 6) is -0.756. The molecule has 1 aromatic rings. The van der Waals surface area contributed by atoms with Crippen molar-refractivity contribution >= 4 is 11.9 Å². The molecule has 6 nitrogen and oxygen atoms in total. The fourth-order valence-corrected chi connectivity index (χ4v) is 2.78. The number of carbonyl (C=O) groups is 2. The van der Waals surface area contributed by atoms with Crippen LogP contribution in [0.3, 0.4) is 0 Å². The van der Waals surface area contributed by atoms with Crippen LogP contribution in [0.15, 0.2) is 15.3 Å². The quantitative estimate of drug-likeness (QED) is 0.858. The molecule has 0 unspecified atom stereocenters. The van der Waals surface area contributed by atoms with Crippen LogP contribution in [0.25, 0.3) is 0 Å². The molecule has 1 N–H and O–H groups in total. The van der Waals surface area contributed by atoms with Crippen LogP contribution in [0.1, 0.15) is 53.8 Å². The first-order valence-electron chi connectivity index (χ1n) is 7.55. The molecule has 6 heteroatoms. The van der Waals surface area contributed by atoms with Gasteiger partial charge < -0.3 is 14.5 Å². The Kier molecular flexibility index (Phi) is 5.35. The molecule has 1 aliphatic carbocycles. The van der Waals surface area contributed by atoms with E-state index in [0.717, 1.165) is 25.7 Å². The predicted molar refractivity (Wildman–Crippen MR) is 79.8 cm³/mol. The van der Waals surface area contributed by atoms with Crippen molar-refractivity contribution < 1.29 is 18.7 Å². The summed E-state index contributed by atoms with van der Waals surface area (Å²) in [4.78, 5) is 35.0. The SMILES string of the molecule is Cc1cc(=O)oc(C)c1C(=O)OCC(=O)NC1CCCCC1. The molecule has 1 amide bonds. The van der Waals surface area contributed by atoms with Crippen molar-refractivity contribution in [3.8, 4) is 0 Å². The second kappa shape index (κ2) is 7.24. The van der Waals surface area contributed by atoms with Crippen molar-refractivity contribution in [2.24, 2.45) is 0 Å². The van der Waals surface area contributed by atoms with Gasteiger partial charge in [0.25, 0.3) is 5.91 Å². The minimum Gasteiger partial charge on any atom is -0.452 e. The predicted octanol–water partition coefficient (Wildman–Crippen LogP) is 1.86. The standard InChI is InChI=1S/C16H21NO5/c1-10-8-14(19)22-11(2)15(10)16(20)21-9-13(18)17-12-6-4-3-5-7-12/h8,12H,3-7,9H2,1-2H3,(H,17,18). The van der Waals surface area contributed by atoms with E-state index in [1.807, 2.05) is 0 Å². The third-order valence-corrected chi connectivity index (χ3v) is 3.84. The Morgan fingerprint density at radius 2 is 1.95 bits per heavy atom. The molecule has 0 bridgehead atoms. The molecule has 0 spiro atoms. The van der Waals surface area contributed by atoms with Gasteiger partial charge in [-0.05, 0) is 32.3 Å². The van der Waals surface area contributed by atoms with Gasteiger partial charge in [0.15, 0.2) is 6.61 Å². The minimum atomic E-state index is -0.655. The monoisotopic (exact) mass is 307 g/mol. The molecule has 120 valence electrons. The summed E-state index contributed by atoms with van der Waals surface area (Å²) in [7, 11) is 0. The van der Waals surface area contributed by atoms with Crippen molar-refractivity contribution in [3.63, 3.8) is 0 Å². The minimum absolute atomic E-state index is 0.179. The van der Waals surface area contributed by atoms with E-state index in [-0.39, 0.29) is 29.9 Å². The van der Waals surface area contributed by atoms with Gasteiger partial charge in [0.05, 0.1) is 0 Å². The molecule has 22 heavy (non-hydrogen) atoms. The lowest BCUT2D eigenvalue weighted by Crippen LogP contribution is -2.38. The fourth-order valence-electron chi connectivity index (χ4n) is 2.78. The van der Waals surface area contributed by atoms with Crippen LogP contribution >= 0.6 is 0 Å². The van der Waals surface area contributed by atoms with Crippen molar-refractivity contribution in [2.45, 2.75) is 52.0 Å². The summed E-state index contributed by atoms with van der Waals surface area (Å²) in [6, 6.07) is 1.41. The van der Waals surface area contributed by atoms with Crippen LogP contribution < -0.4 is 10.9 Å². The van der Waals surface area contributed by atoms with Gasteiger partial charge in [-0.3, -0.25) is 4.79 Å². The number of hydrogen-bond acceptors (Lipinski definition) is 5. The van der Waals surface area contributed by atoms with Crippen molar-refractivity contribution in [1.82, 2.24) is 5.32 Å². The number of ether oxygens (including phenoxy) is 1. The van der Waals surface area contributed by atoms with Crippen LogP contribution in [0.5, 0.6) is 0 Å². The number of rotatable bonds is 4. The molecule has 0 atom stereocenters. The average Bonchev–Trinajstić information content (AvgIpc) is 2.45. The molecule has 2 rings (SSSR count). The van der Waals surface area contributed by atoms with E-state index in [2.05, 4.69) is 5.32 Å². The van der Waals surface area contributed by atoms with E-state index < -0.39 is 11.6 Å². The second-order valence-corrected chi connectivity index (χ2v) is 5.66. The van der Waals surface area contributed by atoms with Crippen LogP contribution in [-0.4, -0.2) is 24.5 Å². The maximum atomic E-state index is 12.0. The summed E-state index contributed by atoms with van der Waals surface area (Å²) in [5, 5.41) is 2.87. The largest absolute Gasteiger partial charge is 0.452 e. The zero-order valence-corrected chi connectivity index (χ0v) is 12.9. The number of nitrogens with one attached hydrogen (secondary N) is 1. The maximum absolute atomic E-state index is 12.0. The summed E-state index contributed by atoms with van der Waals surface area (Å²) in [6.45, 7) is 2.82. The maximum Gasteiger partial charge on any atom is 0.342 e. The Balaban J connectivity index is 1.89. The Morgan fingerprint density at radius 3 is 2.59 bits per heavy atom. The highest BCUT2D eigenvalue weighted by molar-refractivity contribution is 5.93. The van der Waals surface area contributed by atoms with Crippen LogP contribution in [0.4, 0.5) is 0 Å². The lowest BCUT2D eigenvalue weighted by Gasteiger charge is -2.22. The zero-order chi connectivity index (χ0) is 16.1. The molecule has 0 saturated heterocycles. The highest BCUT2D eigenvalue weighted by atomic mass is 16.5. The van der Waals surface area contributed by atoms with E-state index in [9.17, 15) is 14.4 Å². The van der Waals surface area contributed by atoms with Gasteiger partial charge in [0.1, 0.15) is 11.3 Å². The van der Waals surface area contributed by atoms with Crippen molar-refractivity contribution in [1.29, 1.82) is 0 Å². The number of hydrogen-bond donors (Lipinski definition) is 1. The van der Waals surface area contributed by atoms with Crippen LogP contribution in [0.2, 0.25) is 0 Å². The first kappa shape index (κ1) is 16.3. The molecular weight excluding hydrogens is 286 g/mol. The van der Waals surface area contributed by atoms with E-state index in [1.165, 1.54) is 19.4 Å². The molecule has 1 aliphatic rings. The Bertz CT molecular complexity index is 587. The number of esters is 1. The van der Waals surface area contributed by atoms with Crippen LogP contribution in [-0.2, 0) is 9.53 Å². The normalized spacial score (nSPS) is 15.4. The Morgan fingerprint density at radius 1 is 1.27 bits per heavy atom. The van der Waals surface area contributed by atoms with E-state index in [0.29, 0.717) is 5.56 Å². The molecule has 0 aromatic carbocycles. The lowest BCUT2D eigenvalue weighted by atomic mass is 9.95. The molecule has 1 fully saturated rings. The van der Waals surface area contributed by atoms with Gasteiger partial charge in [0.2, 0.25) is 0 Å². The van der Waals surface area contributed by atoms with Crippen molar-refractivity contribution in [3.05, 3.63) is 33.4 Å². The average molecular weight is 307 g/mol. The molecule has 0 radical (unpaired) electrons. The highest BCUT2D eigenvalue weighted by Crippen LogP contribution is 2.17. The molecule has 1 heterocycles. The summed E-state index contributed by atoms with van der Waals surface area (Å²) in [6.07, 6.45) is 5.39. The highest BCUT2D eigenvalue weighted by Gasteiger charge is 2.20. The topological polar surface area (TPSA) is 85.6 Å². The van der Waals surface area contributed by atoms with Crippen molar-refractivity contribution in [2.75, 3.05) is 6.61 Å². The summed E-state index contributed by atoms with van der Waals surface area (Å²) in [5.41, 5.74) is 0.165. The molecular formula is C16H21NO5. The van der Waals surface area contributed by atoms with E-state index in [4.69, 9.17) is 9.15 Å². The number of carbonyl (C=O) groups excluding carboxylic acids is 2. The number of amides is 1. The molecule has 1 aromatic heterocycles. The fraction of sp³-hybridized carbons (Fsp3) is 0.562. The van der Waals surface area contributed by atoms with Gasteiger partial charge in [-0.1, -0.05) is 19.3 Å². The zero-order valence-electron chi connectivity index (χ0n) is 12.9. The number of aryl methyl sites for hydroxylation is 2. The van der Waals surface area contributed by atoms with E-state index >= 15 is 0 Å². The van der Waals surface area contributed by atoms with Gasteiger partial charge in [-0.2, -0.15) is 0 Å². The molecule has 0 aliphatic heterocycles.